The zero-order valence-electron chi connectivity index (χ0n) is 12.6. The maximum Gasteiger partial charge on any atom is 0.122 e. The standard InChI is InChI=1S/C17H27NO/c1-13-11-14(2)15(3)17(12-13)19-10-6-4-5-9-18-16-7-8-16/h11-12,16,18H,4-10H2,1-3H3. The van der Waals surface area contributed by atoms with Gasteiger partial charge in [-0.25, -0.2) is 0 Å². The third-order valence-corrected chi connectivity index (χ3v) is 3.85. The van der Waals surface area contributed by atoms with Gasteiger partial charge in [0.2, 0.25) is 0 Å². The van der Waals surface area contributed by atoms with Gasteiger partial charge in [0.05, 0.1) is 6.61 Å². The van der Waals surface area contributed by atoms with Gasteiger partial charge in [0.15, 0.2) is 0 Å². The molecule has 0 heterocycles. The van der Waals surface area contributed by atoms with Crippen LogP contribution in [0.15, 0.2) is 12.1 Å². The largest absolute Gasteiger partial charge is 0.493 e. The van der Waals surface area contributed by atoms with E-state index in [2.05, 4.69) is 38.2 Å². The highest BCUT2D eigenvalue weighted by Gasteiger charge is 2.19. The molecule has 1 saturated carbocycles. The lowest BCUT2D eigenvalue weighted by atomic mass is 10.1. The highest BCUT2D eigenvalue weighted by molar-refractivity contribution is 5.41. The second-order valence-electron chi connectivity index (χ2n) is 5.84. The van der Waals surface area contributed by atoms with Gasteiger partial charge in [-0.05, 0) is 82.2 Å². The molecule has 0 aliphatic heterocycles. The maximum absolute atomic E-state index is 5.92. The molecule has 1 aromatic rings. The number of aryl methyl sites for hydroxylation is 2. The zero-order valence-corrected chi connectivity index (χ0v) is 12.6. The van der Waals surface area contributed by atoms with Gasteiger partial charge in [0.25, 0.3) is 0 Å². The summed E-state index contributed by atoms with van der Waals surface area (Å²) in [6.45, 7) is 8.44. The second kappa shape index (κ2) is 6.95. The molecular formula is C17H27NO. The molecule has 2 heteroatoms. The van der Waals surface area contributed by atoms with E-state index in [0.29, 0.717) is 0 Å². The molecule has 2 nitrogen and oxygen atoms in total. The Bertz CT molecular complexity index is 410. The minimum Gasteiger partial charge on any atom is -0.493 e. The molecule has 0 amide bonds. The number of hydrogen-bond donors (Lipinski definition) is 1. The fourth-order valence-electron chi connectivity index (χ4n) is 2.33. The Morgan fingerprint density at radius 2 is 1.89 bits per heavy atom. The SMILES string of the molecule is Cc1cc(C)c(C)c(OCCCCCNC2CC2)c1. The normalized spacial score (nSPS) is 14.7. The first-order valence-corrected chi connectivity index (χ1v) is 7.61. The van der Waals surface area contributed by atoms with E-state index in [1.807, 2.05) is 0 Å². The third kappa shape index (κ3) is 4.87. The Morgan fingerprint density at radius 1 is 1.11 bits per heavy atom. The fraction of sp³-hybridized carbons (Fsp3) is 0.647. The van der Waals surface area contributed by atoms with Crippen LogP contribution in [0.5, 0.6) is 5.75 Å². The predicted octanol–water partition coefficient (Wildman–Crippen LogP) is 3.91. The third-order valence-electron chi connectivity index (χ3n) is 3.85. The monoisotopic (exact) mass is 261 g/mol. The van der Waals surface area contributed by atoms with Crippen molar-refractivity contribution in [2.24, 2.45) is 0 Å². The van der Waals surface area contributed by atoms with Gasteiger partial charge < -0.3 is 10.1 Å². The lowest BCUT2D eigenvalue weighted by Gasteiger charge is -2.12. The summed E-state index contributed by atoms with van der Waals surface area (Å²) < 4.78 is 5.92. The summed E-state index contributed by atoms with van der Waals surface area (Å²) >= 11 is 0. The van der Waals surface area contributed by atoms with Crippen molar-refractivity contribution in [2.45, 2.75) is 58.9 Å². The van der Waals surface area contributed by atoms with E-state index in [1.165, 1.54) is 48.9 Å². The van der Waals surface area contributed by atoms with Crippen LogP contribution in [-0.2, 0) is 0 Å². The quantitative estimate of drug-likeness (QED) is 0.716. The van der Waals surface area contributed by atoms with E-state index >= 15 is 0 Å². The van der Waals surface area contributed by atoms with Crippen LogP contribution >= 0.6 is 0 Å². The topological polar surface area (TPSA) is 21.3 Å². The molecule has 1 fully saturated rings. The van der Waals surface area contributed by atoms with Crippen molar-refractivity contribution >= 4 is 0 Å². The molecule has 0 radical (unpaired) electrons. The molecule has 0 spiro atoms. The van der Waals surface area contributed by atoms with E-state index < -0.39 is 0 Å². The first kappa shape index (κ1) is 14.4. The first-order chi connectivity index (χ1) is 9.16. The molecule has 1 aliphatic rings. The summed E-state index contributed by atoms with van der Waals surface area (Å²) in [4.78, 5) is 0. The minimum atomic E-state index is 0.840. The van der Waals surface area contributed by atoms with Crippen molar-refractivity contribution in [1.82, 2.24) is 5.32 Å². The van der Waals surface area contributed by atoms with E-state index in [4.69, 9.17) is 4.74 Å². The molecule has 19 heavy (non-hydrogen) atoms. The molecule has 1 aliphatic carbocycles. The van der Waals surface area contributed by atoms with E-state index in [9.17, 15) is 0 Å². The van der Waals surface area contributed by atoms with Crippen molar-refractivity contribution in [3.63, 3.8) is 0 Å². The van der Waals surface area contributed by atoms with Crippen molar-refractivity contribution in [3.05, 3.63) is 28.8 Å². The van der Waals surface area contributed by atoms with Gasteiger partial charge in [-0.3, -0.25) is 0 Å². The molecule has 2 rings (SSSR count). The zero-order chi connectivity index (χ0) is 13.7. The van der Waals surface area contributed by atoms with Crippen LogP contribution in [0.1, 0.15) is 48.8 Å². The van der Waals surface area contributed by atoms with Gasteiger partial charge >= 0.3 is 0 Å². The summed E-state index contributed by atoms with van der Waals surface area (Å²) in [5.41, 5.74) is 3.89. The number of benzene rings is 1. The summed E-state index contributed by atoms with van der Waals surface area (Å²) in [6.07, 6.45) is 6.44. The van der Waals surface area contributed by atoms with Crippen LogP contribution in [0.25, 0.3) is 0 Å². The molecule has 106 valence electrons. The number of hydrogen-bond acceptors (Lipinski definition) is 2. The molecule has 0 saturated heterocycles. The molecule has 0 atom stereocenters. The number of unbranched alkanes of at least 4 members (excludes halogenated alkanes) is 2. The summed E-state index contributed by atoms with van der Waals surface area (Å²) in [7, 11) is 0. The van der Waals surface area contributed by atoms with E-state index in [-0.39, 0.29) is 0 Å². The van der Waals surface area contributed by atoms with E-state index in [1.54, 1.807) is 0 Å². The molecule has 1 N–H and O–H groups in total. The molecule has 0 unspecified atom stereocenters. The number of rotatable bonds is 8. The summed E-state index contributed by atoms with van der Waals surface area (Å²) in [5, 5.41) is 3.55. The predicted molar refractivity (Wildman–Crippen MR) is 81.0 cm³/mol. The van der Waals surface area contributed by atoms with Crippen LogP contribution in [0.3, 0.4) is 0 Å². The maximum atomic E-state index is 5.92. The highest BCUT2D eigenvalue weighted by Crippen LogP contribution is 2.23. The van der Waals surface area contributed by atoms with Crippen LogP contribution in [0.4, 0.5) is 0 Å². The lowest BCUT2D eigenvalue weighted by Crippen LogP contribution is -2.17. The lowest BCUT2D eigenvalue weighted by molar-refractivity contribution is 0.302. The number of nitrogens with one attached hydrogen (secondary N) is 1. The first-order valence-electron chi connectivity index (χ1n) is 7.61. The van der Waals surface area contributed by atoms with Gasteiger partial charge in [-0.2, -0.15) is 0 Å². The average Bonchev–Trinajstić information content (AvgIpc) is 3.17. The minimum absolute atomic E-state index is 0.840. The van der Waals surface area contributed by atoms with Crippen LogP contribution in [-0.4, -0.2) is 19.2 Å². The Hall–Kier alpha value is -1.02. The van der Waals surface area contributed by atoms with Gasteiger partial charge in [0, 0.05) is 6.04 Å². The number of ether oxygens (including phenoxy) is 1. The average molecular weight is 261 g/mol. The molecule has 0 bridgehead atoms. The van der Waals surface area contributed by atoms with Crippen LogP contribution < -0.4 is 10.1 Å². The molecule has 0 aromatic heterocycles. The van der Waals surface area contributed by atoms with Crippen molar-refractivity contribution in [1.29, 1.82) is 0 Å². The van der Waals surface area contributed by atoms with Gasteiger partial charge in [0.1, 0.15) is 5.75 Å². The van der Waals surface area contributed by atoms with Crippen LogP contribution in [0.2, 0.25) is 0 Å². The van der Waals surface area contributed by atoms with Gasteiger partial charge in [-0.15, -0.1) is 0 Å². The Morgan fingerprint density at radius 3 is 2.63 bits per heavy atom. The Labute approximate surface area is 117 Å². The smallest absolute Gasteiger partial charge is 0.122 e. The van der Waals surface area contributed by atoms with Crippen molar-refractivity contribution in [2.75, 3.05) is 13.2 Å². The Balaban J connectivity index is 1.61. The van der Waals surface area contributed by atoms with Gasteiger partial charge in [-0.1, -0.05) is 6.07 Å². The van der Waals surface area contributed by atoms with E-state index in [0.717, 1.165) is 24.8 Å². The highest BCUT2D eigenvalue weighted by atomic mass is 16.5. The van der Waals surface area contributed by atoms with Crippen molar-refractivity contribution < 1.29 is 4.74 Å². The molecular weight excluding hydrogens is 234 g/mol. The van der Waals surface area contributed by atoms with Crippen molar-refractivity contribution in [3.8, 4) is 5.75 Å². The summed E-state index contributed by atoms with van der Waals surface area (Å²) in [6, 6.07) is 5.21. The molecule has 1 aromatic carbocycles. The fourth-order valence-corrected chi connectivity index (χ4v) is 2.33. The summed E-state index contributed by atoms with van der Waals surface area (Å²) in [5.74, 6) is 1.06. The second-order valence-corrected chi connectivity index (χ2v) is 5.84. The Kier molecular flexibility index (Phi) is 5.26. The van der Waals surface area contributed by atoms with Crippen LogP contribution in [0, 0.1) is 20.8 Å².